The molecule has 14 heavy (non-hydrogen) atoms. The van der Waals surface area contributed by atoms with Crippen molar-refractivity contribution in [2.75, 3.05) is 18.0 Å². The molecule has 0 amide bonds. The van der Waals surface area contributed by atoms with Crippen molar-refractivity contribution in [2.45, 2.75) is 13.3 Å². The Balaban J connectivity index is 2.14. The van der Waals surface area contributed by atoms with E-state index >= 15 is 0 Å². The van der Waals surface area contributed by atoms with Crippen LogP contribution in [0.3, 0.4) is 0 Å². The van der Waals surface area contributed by atoms with E-state index in [4.69, 9.17) is 5.26 Å². The maximum atomic E-state index is 8.67. The van der Waals surface area contributed by atoms with Crippen molar-refractivity contribution in [3.8, 4) is 6.07 Å². The van der Waals surface area contributed by atoms with E-state index in [0.717, 1.165) is 24.6 Å². The highest BCUT2D eigenvalue weighted by Gasteiger charge is 2.18. The molecule has 1 aromatic rings. The Labute approximate surface area is 84.8 Å². The summed E-state index contributed by atoms with van der Waals surface area (Å²) >= 11 is 0. The molecule has 0 radical (unpaired) electrons. The predicted octanol–water partition coefficient (Wildman–Crippen LogP) is 2.40. The predicted molar refractivity (Wildman–Crippen MR) is 57.2 cm³/mol. The first-order valence-electron chi connectivity index (χ1n) is 5.04. The quantitative estimate of drug-likeness (QED) is 0.673. The lowest BCUT2D eigenvalue weighted by atomic mass is 10.2. The van der Waals surface area contributed by atoms with E-state index in [1.165, 1.54) is 12.1 Å². The zero-order valence-corrected chi connectivity index (χ0v) is 8.40. The number of hydrogen-bond donors (Lipinski definition) is 0. The van der Waals surface area contributed by atoms with Gasteiger partial charge < -0.3 is 4.90 Å². The Hall–Kier alpha value is -1.49. The second kappa shape index (κ2) is 3.71. The molecule has 2 rings (SSSR count). The molecular formula is C12H14N2. The first-order chi connectivity index (χ1) is 6.79. The number of hydrogen-bond acceptors (Lipinski definition) is 2. The van der Waals surface area contributed by atoms with Crippen LogP contribution in [0.2, 0.25) is 0 Å². The molecule has 1 fully saturated rings. The number of nitriles is 1. The van der Waals surface area contributed by atoms with Gasteiger partial charge in [0.1, 0.15) is 0 Å². The van der Waals surface area contributed by atoms with Gasteiger partial charge in [-0.1, -0.05) is 6.92 Å². The number of rotatable bonds is 1. The third-order valence-corrected chi connectivity index (χ3v) is 2.79. The molecule has 2 nitrogen and oxygen atoms in total. The lowest BCUT2D eigenvalue weighted by molar-refractivity contribution is 0.659. The zero-order valence-electron chi connectivity index (χ0n) is 8.40. The van der Waals surface area contributed by atoms with Crippen molar-refractivity contribution in [1.82, 2.24) is 0 Å². The fraction of sp³-hybridized carbons (Fsp3) is 0.417. The molecule has 1 heterocycles. The van der Waals surface area contributed by atoms with Crippen molar-refractivity contribution in [1.29, 1.82) is 5.26 Å². The monoisotopic (exact) mass is 186 g/mol. The van der Waals surface area contributed by atoms with Gasteiger partial charge in [0.25, 0.3) is 0 Å². The van der Waals surface area contributed by atoms with Gasteiger partial charge >= 0.3 is 0 Å². The average molecular weight is 186 g/mol. The van der Waals surface area contributed by atoms with Crippen molar-refractivity contribution in [3.05, 3.63) is 29.8 Å². The van der Waals surface area contributed by atoms with E-state index in [1.54, 1.807) is 0 Å². The van der Waals surface area contributed by atoms with Crippen molar-refractivity contribution < 1.29 is 0 Å². The second-order valence-corrected chi connectivity index (χ2v) is 4.00. The summed E-state index contributed by atoms with van der Waals surface area (Å²) in [7, 11) is 0. The first-order valence-corrected chi connectivity index (χ1v) is 5.04. The lowest BCUT2D eigenvalue weighted by Gasteiger charge is -2.17. The smallest absolute Gasteiger partial charge is 0.0991 e. The lowest BCUT2D eigenvalue weighted by Crippen LogP contribution is -2.18. The number of nitrogens with zero attached hydrogens (tertiary/aromatic N) is 2. The van der Waals surface area contributed by atoms with E-state index in [2.05, 4.69) is 17.9 Å². The zero-order chi connectivity index (χ0) is 9.97. The van der Waals surface area contributed by atoms with Crippen molar-refractivity contribution in [3.63, 3.8) is 0 Å². The fourth-order valence-electron chi connectivity index (χ4n) is 1.92. The van der Waals surface area contributed by atoms with Gasteiger partial charge in [0.2, 0.25) is 0 Å². The standard InChI is InChI=1S/C12H14N2/c1-10-6-7-14(9-10)12-4-2-11(8-13)3-5-12/h2-5,10H,6-7,9H2,1H3. The Morgan fingerprint density at radius 1 is 1.36 bits per heavy atom. The average Bonchev–Trinajstić information content (AvgIpc) is 2.65. The molecule has 1 atom stereocenters. The van der Waals surface area contributed by atoms with Crippen molar-refractivity contribution >= 4 is 5.69 Å². The third-order valence-electron chi connectivity index (χ3n) is 2.79. The molecule has 0 aliphatic carbocycles. The van der Waals surface area contributed by atoms with Gasteiger partial charge in [0.05, 0.1) is 11.6 Å². The molecule has 1 unspecified atom stereocenters. The van der Waals surface area contributed by atoms with Crippen LogP contribution in [-0.4, -0.2) is 13.1 Å². The summed E-state index contributed by atoms with van der Waals surface area (Å²) < 4.78 is 0. The molecule has 1 aliphatic heterocycles. The van der Waals surface area contributed by atoms with E-state index in [-0.39, 0.29) is 0 Å². The van der Waals surface area contributed by atoms with Crippen LogP contribution < -0.4 is 4.90 Å². The Kier molecular flexibility index (Phi) is 2.41. The molecule has 1 aliphatic rings. The summed E-state index contributed by atoms with van der Waals surface area (Å²) in [6.45, 7) is 4.57. The van der Waals surface area contributed by atoms with Gasteiger partial charge in [-0.3, -0.25) is 0 Å². The normalized spacial score (nSPS) is 20.9. The highest BCUT2D eigenvalue weighted by Crippen LogP contribution is 2.23. The van der Waals surface area contributed by atoms with E-state index < -0.39 is 0 Å². The molecule has 1 saturated heterocycles. The van der Waals surface area contributed by atoms with Crippen molar-refractivity contribution in [2.24, 2.45) is 5.92 Å². The molecule has 0 N–H and O–H groups in total. The second-order valence-electron chi connectivity index (χ2n) is 4.00. The van der Waals surface area contributed by atoms with Crippen LogP contribution in [0.1, 0.15) is 18.9 Å². The minimum atomic E-state index is 0.737. The highest BCUT2D eigenvalue weighted by molar-refractivity contribution is 5.50. The molecule has 0 saturated carbocycles. The maximum absolute atomic E-state index is 8.67. The molecule has 0 bridgehead atoms. The summed E-state index contributed by atoms with van der Waals surface area (Å²) in [6.07, 6.45) is 1.28. The van der Waals surface area contributed by atoms with Gasteiger partial charge in [-0.2, -0.15) is 5.26 Å². The molecule has 2 heteroatoms. The van der Waals surface area contributed by atoms with Gasteiger partial charge in [-0.05, 0) is 36.6 Å². The van der Waals surface area contributed by atoms with E-state index in [0.29, 0.717) is 0 Å². The van der Waals surface area contributed by atoms with Gasteiger partial charge in [-0.15, -0.1) is 0 Å². The molecule has 0 aromatic heterocycles. The van der Waals surface area contributed by atoms with E-state index in [9.17, 15) is 0 Å². The summed E-state index contributed by atoms with van der Waals surface area (Å²) in [5, 5.41) is 8.67. The molecular weight excluding hydrogens is 172 g/mol. The van der Waals surface area contributed by atoms with Crippen LogP contribution in [0.5, 0.6) is 0 Å². The molecule has 1 aromatic carbocycles. The SMILES string of the molecule is CC1CCN(c2ccc(C#N)cc2)C1. The highest BCUT2D eigenvalue weighted by atomic mass is 15.1. The molecule has 72 valence electrons. The van der Waals surface area contributed by atoms with Gasteiger partial charge in [0, 0.05) is 18.8 Å². The van der Waals surface area contributed by atoms with Gasteiger partial charge in [-0.25, -0.2) is 0 Å². The summed E-state index contributed by atoms with van der Waals surface area (Å²) in [5.74, 6) is 0.797. The maximum Gasteiger partial charge on any atom is 0.0991 e. The Bertz CT molecular complexity index is 348. The number of benzene rings is 1. The van der Waals surface area contributed by atoms with Crippen LogP contribution in [0.4, 0.5) is 5.69 Å². The van der Waals surface area contributed by atoms with Gasteiger partial charge in [0.15, 0.2) is 0 Å². The Morgan fingerprint density at radius 3 is 2.57 bits per heavy atom. The van der Waals surface area contributed by atoms with Crippen LogP contribution in [-0.2, 0) is 0 Å². The van der Waals surface area contributed by atoms with Crippen LogP contribution in [0.25, 0.3) is 0 Å². The van der Waals surface area contributed by atoms with Crippen LogP contribution in [0.15, 0.2) is 24.3 Å². The minimum absolute atomic E-state index is 0.737. The fourth-order valence-corrected chi connectivity index (χ4v) is 1.92. The first kappa shape index (κ1) is 9.08. The summed E-state index contributed by atoms with van der Waals surface area (Å²) in [6, 6.07) is 9.99. The van der Waals surface area contributed by atoms with Crippen LogP contribution in [0, 0.1) is 17.2 Å². The van der Waals surface area contributed by atoms with Crippen LogP contribution >= 0.6 is 0 Å². The minimum Gasteiger partial charge on any atom is -0.371 e. The Morgan fingerprint density at radius 2 is 2.07 bits per heavy atom. The summed E-state index contributed by atoms with van der Waals surface area (Å²) in [4.78, 5) is 2.38. The topological polar surface area (TPSA) is 27.0 Å². The summed E-state index contributed by atoms with van der Waals surface area (Å²) in [5.41, 5.74) is 1.98. The third kappa shape index (κ3) is 1.72. The molecule has 0 spiro atoms. The van der Waals surface area contributed by atoms with E-state index in [1.807, 2.05) is 24.3 Å². The number of anilines is 1. The largest absolute Gasteiger partial charge is 0.371 e.